The Morgan fingerprint density at radius 3 is 2.94 bits per heavy atom. The highest BCUT2D eigenvalue weighted by molar-refractivity contribution is 5.76. The summed E-state index contributed by atoms with van der Waals surface area (Å²) in [5.41, 5.74) is 5.84. The molecular weight excluding hydrogens is 200 g/mol. The number of likely N-dealkylation sites (tertiary alicyclic amines) is 1. The second kappa shape index (κ2) is 6.55. The molecule has 1 rings (SSSR count). The number of nitrogens with two attached hydrogens (primary N) is 1. The fraction of sp³-hybridized carbons (Fsp3) is 0.769. The summed E-state index contributed by atoms with van der Waals surface area (Å²) in [7, 11) is 0. The number of carbonyl (C=O) groups is 1. The predicted octanol–water partition coefficient (Wildman–Crippen LogP) is 1.38. The molecule has 1 aliphatic rings. The summed E-state index contributed by atoms with van der Waals surface area (Å²) >= 11 is 0. The summed E-state index contributed by atoms with van der Waals surface area (Å²) in [5.74, 6) is 3.34. The fourth-order valence-electron chi connectivity index (χ4n) is 2.10. The molecule has 0 aromatic rings. The van der Waals surface area contributed by atoms with Gasteiger partial charge in [0, 0.05) is 32.0 Å². The second-order valence-electron chi connectivity index (χ2n) is 4.66. The van der Waals surface area contributed by atoms with Crippen molar-refractivity contribution in [2.75, 3.05) is 13.1 Å². The van der Waals surface area contributed by atoms with Crippen LogP contribution in [0.1, 0.15) is 39.0 Å². The summed E-state index contributed by atoms with van der Waals surface area (Å²) in [5, 5.41) is 0. The van der Waals surface area contributed by atoms with Crippen LogP contribution < -0.4 is 5.73 Å². The lowest BCUT2D eigenvalue weighted by Crippen LogP contribution is -2.32. The molecule has 1 saturated heterocycles. The lowest BCUT2D eigenvalue weighted by atomic mass is 10.0. The fourth-order valence-corrected chi connectivity index (χ4v) is 2.10. The molecule has 0 saturated carbocycles. The van der Waals surface area contributed by atoms with Crippen molar-refractivity contribution in [2.45, 2.75) is 45.1 Å². The van der Waals surface area contributed by atoms with Gasteiger partial charge in [-0.15, -0.1) is 12.3 Å². The molecule has 1 heterocycles. The Hall–Kier alpha value is -1.01. The first-order valence-electron chi connectivity index (χ1n) is 6.12. The summed E-state index contributed by atoms with van der Waals surface area (Å²) in [4.78, 5) is 13.8. The van der Waals surface area contributed by atoms with Crippen LogP contribution in [0.2, 0.25) is 0 Å². The minimum atomic E-state index is 0.194. The third kappa shape index (κ3) is 3.86. The molecule has 1 aliphatic heterocycles. The smallest absolute Gasteiger partial charge is 0.222 e. The molecule has 2 atom stereocenters. The Bertz CT molecular complexity index is 268. The number of nitrogens with zero attached hydrogens (tertiary/aromatic N) is 1. The van der Waals surface area contributed by atoms with E-state index < -0.39 is 0 Å². The van der Waals surface area contributed by atoms with Crippen molar-refractivity contribution >= 4 is 5.91 Å². The Kier molecular flexibility index (Phi) is 5.34. The lowest BCUT2D eigenvalue weighted by Gasteiger charge is -2.18. The van der Waals surface area contributed by atoms with E-state index in [-0.39, 0.29) is 11.9 Å². The average molecular weight is 222 g/mol. The largest absolute Gasteiger partial charge is 0.342 e. The minimum absolute atomic E-state index is 0.194. The molecule has 2 N–H and O–H groups in total. The third-order valence-corrected chi connectivity index (χ3v) is 3.28. The van der Waals surface area contributed by atoms with Gasteiger partial charge < -0.3 is 10.6 Å². The van der Waals surface area contributed by atoms with Crippen molar-refractivity contribution in [3.63, 3.8) is 0 Å². The predicted molar refractivity (Wildman–Crippen MR) is 65.6 cm³/mol. The molecular formula is C13H22N2O. The van der Waals surface area contributed by atoms with Crippen molar-refractivity contribution in [1.82, 2.24) is 4.90 Å². The van der Waals surface area contributed by atoms with Crippen molar-refractivity contribution in [3.8, 4) is 12.3 Å². The normalized spacial score (nSPS) is 21.8. The summed E-state index contributed by atoms with van der Waals surface area (Å²) in [6.07, 6.45) is 9.47. The summed E-state index contributed by atoms with van der Waals surface area (Å²) in [6.45, 7) is 3.73. The van der Waals surface area contributed by atoms with Crippen molar-refractivity contribution in [2.24, 2.45) is 11.7 Å². The molecule has 2 unspecified atom stereocenters. The molecule has 0 aromatic carbocycles. The number of rotatable bonds is 5. The highest BCUT2D eigenvalue weighted by atomic mass is 16.2. The van der Waals surface area contributed by atoms with Gasteiger partial charge in [-0.3, -0.25) is 4.79 Å². The van der Waals surface area contributed by atoms with E-state index in [0.29, 0.717) is 12.3 Å². The van der Waals surface area contributed by atoms with Crippen molar-refractivity contribution in [1.29, 1.82) is 0 Å². The van der Waals surface area contributed by atoms with Gasteiger partial charge in [-0.05, 0) is 32.1 Å². The summed E-state index contributed by atoms with van der Waals surface area (Å²) in [6, 6.07) is 0.194. The quantitative estimate of drug-likeness (QED) is 0.564. The molecule has 1 fully saturated rings. The van der Waals surface area contributed by atoms with Crippen molar-refractivity contribution < 1.29 is 4.79 Å². The van der Waals surface area contributed by atoms with Gasteiger partial charge in [0.2, 0.25) is 5.91 Å². The number of unbranched alkanes of at least 4 members (excludes halogenated alkanes) is 2. The van der Waals surface area contributed by atoms with Gasteiger partial charge in [0.1, 0.15) is 0 Å². The van der Waals surface area contributed by atoms with Gasteiger partial charge in [0.25, 0.3) is 0 Å². The van der Waals surface area contributed by atoms with Gasteiger partial charge >= 0.3 is 0 Å². The maximum Gasteiger partial charge on any atom is 0.222 e. The number of hydrogen-bond donors (Lipinski definition) is 1. The van der Waals surface area contributed by atoms with Crippen LogP contribution in [0, 0.1) is 18.3 Å². The Labute approximate surface area is 98.4 Å². The van der Waals surface area contributed by atoms with Crippen LogP contribution >= 0.6 is 0 Å². The number of amides is 1. The van der Waals surface area contributed by atoms with Gasteiger partial charge in [0.15, 0.2) is 0 Å². The van der Waals surface area contributed by atoms with Crippen LogP contribution in [0.3, 0.4) is 0 Å². The average Bonchev–Trinajstić information content (AvgIpc) is 2.73. The molecule has 3 heteroatoms. The van der Waals surface area contributed by atoms with E-state index in [0.717, 1.165) is 38.8 Å². The maximum absolute atomic E-state index is 11.8. The number of hydrogen-bond acceptors (Lipinski definition) is 2. The number of carbonyl (C=O) groups excluding carboxylic acids is 1. The van der Waals surface area contributed by atoms with Gasteiger partial charge in [-0.25, -0.2) is 0 Å². The zero-order chi connectivity index (χ0) is 12.0. The Balaban J connectivity index is 2.21. The third-order valence-electron chi connectivity index (χ3n) is 3.28. The molecule has 0 spiro atoms. The monoisotopic (exact) mass is 222 g/mol. The summed E-state index contributed by atoms with van der Waals surface area (Å²) < 4.78 is 0. The zero-order valence-electron chi connectivity index (χ0n) is 10.1. The zero-order valence-corrected chi connectivity index (χ0v) is 10.1. The van der Waals surface area contributed by atoms with E-state index in [1.807, 2.05) is 11.8 Å². The van der Waals surface area contributed by atoms with E-state index in [9.17, 15) is 4.79 Å². The molecule has 90 valence electrons. The van der Waals surface area contributed by atoms with Crippen LogP contribution in [0.25, 0.3) is 0 Å². The molecule has 0 aliphatic carbocycles. The topological polar surface area (TPSA) is 46.3 Å². The van der Waals surface area contributed by atoms with Crippen LogP contribution in [0.15, 0.2) is 0 Å². The molecule has 0 radical (unpaired) electrons. The molecule has 0 aromatic heterocycles. The van der Waals surface area contributed by atoms with E-state index in [1.54, 1.807) is 0 Å². The standard InChI is InChI=1S/C13H22N2O/c1-3-4-5-6-7-13(16)15-9-8-12(10-15)11(2)14/h1,11-12H,4-10,14H2,2H3. The van der Waals surface area contributed by atoms with E-state index in [1.165, 1.54) is 0 Å². The Morgan fingerprint density at radius 2 is 2.38 bits per heavy atom. The molecule has 3 nitrogen and oxygen atoms in total. The van der Waals surface area contributed by atoms with E-state index in [2.05, 4.69) is 5.92 Å². The minimum Gasteiger partial charge on any atom is -0.342 e. The first-order valence-corrected chi connectivity index (χ1v) is 6.12. The lowest BCUT2D eigenvalue weighted by molar-refractivity contribution is -0.130. The van der Waals surface area contributed by atoms with Crippen LogP contribution in [-0.4, -0.2) is 29.9 Å². The van der Waals surface area contributed by atoms with E-state index >= 15 is 0 Å². The van der Waals surface area contributed by atoms with Crippen molar-refractivity contribution in [3.05, 3.63) is 0 Å². The highest BCUT2D eigenvalue weighted by Crippen LogP contribution is 2.19. The first kappa shape index (κ1) is 13.1. The Morgan fingerprint density at radius 1 is 1.62 bits per heavy atom. The number of terminal acetylenes is 1. The van der Waals surface area contributed by atoms with E-state index in [4.69, 9.17) is 12.2 Å². The second-order valence-corrected chi connectivity index (χ2v) is 4.66. The molecule has 1 amide bonds. The van der Waals surface area contributed by atoms with Gasteiger partial charge in [-0.2, -0.15) is 0 Å². The molecule has 16 heavy (non-hydrogen) atoms. The maximum atomic E-state index is 11.8. The molecule has 0 bridgehead atoms. The first-order chi connectivity index (χ1) is 7.65. The highest BCUT2D eigenvalue weighted by Gasteiger charge is 2.27. The van der Waals surface area contributed by atoms with Crippen LogP contribution in [0.4, 0.5) is 0 Å². The van der Waals surface area contributed by atoms with Crippen LogP contribution in [0.5, 0.6) is 0 Å². The van der Waals surface area contributed by atoms with Gasteiger partial charge in [0.05, 0.1) is 0 Å². The van der Waals surface area contributed by atoms with Gasteiger partial charge in [-0.1, -0.05) is 0 Å². The SMILES string of the molecule is C#CCCCCC(=O)N1CCC(C(C)N)C1. The van der Waals surface area contributed by atoms with Crippen LogP contribution in [-0.2, 0) is 4.79 Å².